The summed E-state index contributed by atoms with van der Waals surface area (Å²) in [4.78, 5) is 34.4. The SMILES string of the molecule is CC(C)NC(=O)CCCC(=O)NC1(CC(=O)O)CCCC1. The number of carboxylic acids is 1. The molecule has 0 aromatic rings. The summed E-state index contributed by atoms with van der Waals surface area (Å²) in [7, 11) is 0. The Balaban J connectivity index is 2.34. The number of carbonyl (C=O) groups excluding carboxylic acids is 2. The van der Waals surface area contributed by atoms with Crippen molar-refractivity contribution in [3.05, 3.63) is 0 Å². The first-order valence-electron chi connectivity index (χ1n) is 7.65. The van der Waals surface area contributed by atoms with Crippen molar-refractivity contribution in [1.29, 1.82) is 0 Å². The smallest absolute Gasteiger partial charge is 0.305 e. The van der Waals surface area contributed by atoms with Crippen molar-refractivity contribution in [2.45, 2.75) is 76.8 Å². The van der Waals surface area contributed by atoms with Gasteiger partial charge in [-0.3, -0.25) is 14.4 Å². The molecule has 0 bridgehead atoms. The van der Waals surface area contributed by atoms with Crippen LogP contribution in [0.2, 0.25) is 0 Å². The van der Waals surface area contributed by atoms with E-state index < -0.39 is 11.5 Å². The maximum Gasteiger partial charge on any atom is 0.305 e. The summed E-state index contributed by atoms with van der Waals surface area (Å²) in [6.45, 7) is 3.78. The lowest BCUT2D eigenvalue weighted by atomic mass is 9.93. The highest BCUT2D eigenvalue weighted by atomic mass is 16.4. The monoisotopic (exact) mass is 298 g/mol. The van der Waals surface area contributed by atoms with Gasteiger partial charge in [-0.2, -0.15) is 0 Å². The van der Waals surface area contributed by atoms with Gasteiger partial charge in [-0.1, -0.05) is 12.8 Å². The van der Waals surface area contributed by atoms with Gasteiger partial charge in [0.05, 0.1) is 12.0 Å². The van der Waals surface area contributed by atoms with Gasteiger partial charge in [0.15, 0.2) is 0 Å². The van der Waals surface area contributed by atoms with E-state index in [0.717, 1.165) is 25.7 Å². The molecular weight excluding hydrogens is 272 g/mol. The molecule has 2 amide bonds. The quantitative estimate of drug-likeness (QED) is 0.634. The highest BCUT2D eigenvalue weighted by Gasteiger charge is 2.37. The zero-order chi connectivity index (χ0) is 15.9. The van der Waals surface area contributed by atoms with Crippen LogP contribution in [0.1, 0.15) is 65.2 Å². The normalized spacial score (nSPS) is 16.7. The predicted octanol–water partition coefficient (Wildman–Crippen LogP) is 1.58. The lowest BCUT2D eigenvalue weighted by Crippen LogP contribution is -2.47. The third-order valence-corrected chi connectivity index (χ3v) is 3.71. The van der Waals surface area contributed by atoms with Crippen LogP contribution >= 0.6 is 0 Å². The fourth-order valence-corrected chi connectivity index (χ4v) is 2.85. The molecule has 6 heteroatoms. The summed E-state index contributed by atoms with van der Waals surface area (Å²) >= 11 is 0. The number of carbonyl (C=O) groups is 3. The fourth-order valence-electron chi connectivity index (χ4n) is 2.85. The summed E-state index contributed by atoms with van der Waals surface area (Å²) in [6, 6.07) is 0.101. The summed E-state index contributed by atoms with van der Waals surface area (Å²) < 4.78 is 0. The molecule has 0 unspecified atom stereocenters. The Hall–Kier alpha value is -1.59. The van der Waals surface area contributed by atoms with Crippen molar-refractivity contribution >= 4 is 17.8 Å². The molecule has 0 heterocycles. The molecule has 0 atom stereocenters. The van der Waals surface area contributed by atoms with Crippen molar-refractivity contribution in [2.24, 2.45) is 0 Å². The van der Waals surface area contributed by atoms with Gasteiger partial charge in [0.2, 0.25) is 11.8 Å². The summed E-state index contributed by atoms with van der Waals surface area (Å²) in [5.41, 5.74) is -0.580. The van der Waals surface area contributed by atoms with Crippen LogP contribution < -0.4 is 10.6 Å². The van der Waals surface area contributed by atoms with Gasteiger partial charge in [-0.15, -0.1) is 0 Å². The van der Waals surface area contributed by atoms with Crippen molar-refractivity contribution in [2.75, 3.05) is 0 Å². The van der Waals surface area contributed by atoms with Crippen LogP contribution in [0, 0.1) is 0 Å². The van der Waals surface area contributed by atoms with Crippen molar-refractivity contribution in [1.82, 2.24) is 10.6 Å². The highest BCUT2D eigenvalue weighted by Crippen LogP contribution is 2.32. The molecule has 0 spiro atoms. The van der Waals surface area contributed by atoms with Gasteiger partial charge in [0.25, 0.3) is 0 Å². The van der Waals surface area contributed by atoms with Crippen LogP contribution in [0.5, 0.6) is 0 Å². The zero-order valence-electron chi connectivity index (χ0n) is 12.9. The minimum Gasteiger partial charge on any atom is -0.481 e. The average molecular weight is 298 g/mol. The number of aliphatic carboxylic acids is 1. The van der Waals surface area contributed by atoms with E-state index >= 15 is 0 Å². The second kappa shape index (κ2) is 8.00. The Bertz CT molecular complexity index is 387. The Morgan fingerprint density at radius 3 is 2.19 bits per heavy atom. The van der Waals surface area contributed by atoms with Crippen LogP contribution in [0.25, 0.3) is 0 Å². The minimum atomic E-state index is -0.881. The molecule has 0 aromatic heterocycles. The van der Waals surface area contributed by atoms with Crippen LogP contribution in [-0.2, 0) is 14.4 Å². The molecule has 120 valence electrons. The Labute approximate surface area is 125 Å². The lowest BCUT2D eigenvalue weighted by Gasteiger charge is -2.28. The maximum absolute atomic E-state index is 12.0. The van der Waals surface area contributed by atoms with E-state index in [9.17, 15) is 14.4 Å². The largest absolute Gasteiger partial charge is 0.481 e. The van der Waals surface area contributed by atoms with E-state index in [2.05, 4.69) is 10.6 Å². The first-order valence-corrected chi connectivity index (χ1v) is 7.65. The molecule has 1 aliphatic carbocycles. The summed E-state index contributed by atoms with van der Waals surface area (Å²) in [5.74, 6) is -1.09. The minimum absolute atomic E-state index is 0.0213. The molecular formula is C15H26N2O4. The molecule has 1 saturated carbocycles. The molecule has 0 radical (unpaired) electrons. The number of carboxylic acid groups (broad SMARTS) is 1. The van der Waals surface area contributed by atoms with Crippen molar-refractivity contribution < 1.29 is 19.5 Å². The molecule has 6 nitrogen and oxygen atoms in total. The predicted molar refractivity (Wildman–Crippen MR) is 78.7 cm³/mol. The lowest BCUT2D eigenvalue weighted by molar-refractivity contribution is -0.139. The van der Waals surface area contributed by atoms with Crippen LogP contribution in [0.4, 0.5) is 0 Å². The van der Waals surface area contributed by atoms with E-state index in [0.29, 0.717) is 12.8 Å². The molecule has 0 aliphatic heterocycles. The molecule has 1 aliphatic rings. The molecule has 3 N–H and O–H groups in total. The van der Waals surface area contributed by atoms with Crippen molar-refractivity contribution in [3.63, 3.8) is 0 Å². The van der Waals surface area contributed by atoms with Gasteiger partial charge in [0.1, 0.15) is 0 Å². The molecule has 21 heavy (non-hydrogen) atoms. The van der Waals surface area contributed by atoms with Crippen LogP contribution in [0.3, 0.4) is 0 Å². The van der Waals surface area contributed by atoms with E-state index in [1.54, 1.807) is 0 Å². The number of rotatable bonds is 8. The Morgan fingerprint density at radius 1 is 1.10 bits per heavy atom. The van der Waals surface area contributed by atoms with E-state index in [4.69, 9.17) is 5.11 Å². The van der Waals surface area contributed by atoms with E-state index in [1.165, 1.54) is 0 Å². The van der Waals surface area contributed by atoms with E-state index in [-0.39, 0.29) is 30.7 Å². The van der Waals surface area contributed by atoms with Gasteiger partial charge >= 0.3 is 5.97 Å². The number of amides is 2. The maximum atomic E-state index is 12.0. The van der Waals surface area contributed by atoms with E-state index in [1.807, 2.05) is 13.8 Å². The molecule has 1 fully saturated rings. The summed E-state index contributed by atoms with van der Waals surface area (Å²) in [5, 5.41) is 14.6. The topological polar surface area (TPSA) is 95.5 Å². The van der Waals surface area contributed by atoms with Gasteiger partial charge in [-0.25, -0.2) is 0 Å². The molecule has 1 rings (SSSR count). The number of hydrogen-bond donors (Lipinski definition) is 3. The van der Waals surface area contributed by atoms with Crippen molar-refractivity contribution in [3.8, 4) is 0 Å². The Kier molecular flexibility index (Phi) is 6.65. The first-order chi connectivity index (χ1) is 9.83. The molecule has 0 saturated heterocycles. The molecule has 0 aromatic carbocycles. The highest BCUT2D eigenvalue weighted by molar-refractivity contribution is 5.80. The van der Waals surface area contributed by atoms with Crippen LogP contribution in [0.15, 0.2) is 0 Å². The average Bonchev–Trinajstić information content (AvgIpc) is 2.74. The summed E-state index contributed by atoms with van der Waals surface area (Å²) in [6.07, 6.45) is 4.37. The Morgan fingerprint density at radius 2 is 1.67 bits per heavy atom. The van der Waals surface area contributed by atoms with Crippen LogP contribution in [-0.4, -0.2) is 34.5 Å². The number of nitrogens with one attached hydrogen (secondary N) is 2. The van der Waals surface area contributed by atoms with Gasteiger partial charge < -0.3 is 15.7 Å². The third-order valence-electron chi connectivity index (χ3n) is 3.71. The third kappa shape index (κ3) is 6.60. The standard InChI is InChI=1S/C15H26N2O4/c1-11(2)16-12(18)6-5-7-13(19)17-15(10-14(20)21)8-3-4-9-15/h11H,3-10H2,1-2H3,(H,16,18)(H,17,19)(H,20,21). The number of hydrogen-bond acceptors (Lipinski definition) is 3. The van der Waals surface area contributed by atoms with Gasteiger partial charge in [-0.05, 0) is 33.1 Å². The second-order valence-electron chi connectivity index (χ2n) is 6.18. The first kappa shape index (κ1) is 17.5. The van der Waals surface area contributed by atoms with Gasteiger partial charge in [0, 0.05) is 18.9 Å². The fraction of sp³-hybridized carbons (Fsp3) is 0.800. The zero-order valence-corrected chi connectivity index (χ0v) is 12.9. The second-order valence-corrected chi connectivity index (χ2v) is 6.18.